The van der Waals surface area contributed by atoms with Gasteiger partial charge in [0.25, 0.3) is 11.5 Å². The average Bonchev–Trinajstić information content (AvgIpc) is 3.01. The van der Waals surface area contributed by atoms with Crippen LogP contribution in [0.3, 0.4) is 0 Å². The van der Waals surface area contributed by atoms with Crippen LogP contribution in [0, 0.1) is 6.92 Å². The number of aromatic nitrogens is 2. The molecule has 134 valence electrons. The van der Waals surface area contributed by atoms with Gasteiger partial charge in [-0.2, -0.15) is 0 Å². The van der Waals surface area contributed by atoms with Gasteiger partial charge < -0.3 is 14.7 Å². The first kappa shape index (κ1) is 16.8. The Hall–Kier alpha value is -3.67. The van der Waals surface area contributed by atoms with Gasteiger partial charge in [-0.15, -0.1) is 0 Å². The van der Waals surface area contributed by atoms with Crippen LogP contribution in [0.25, 0.3) is 11.1 Å². The molecule has 2 heterocycles. The zero-order valence-corrected chi connectivity index (χ0v) is 14.7. The van der Waals surface area contributed by atoms with Crippen molar-refractivity contribution in [2.45, 2.75) is 13.3 Å². The molecule has 0 saturated carbocycles. The van der Waals surface area contributed by atoms with Crippen molar-refractivity contribution in [2.24, 2.45) is 0 Å². The van der Waals surface area contributed by atoms with E-state index < -0.39 is 11.5 Å². The summed E-state index contributed by atoms with van der Waals surface area (Å²) in [5.74, 6) is -0.0440. The lowest BCUT2D eigenvalue weighted by Gasteiger charge is -2.11. The Bertz CT molecular complexity index is 1180. The van der Waals surface area contributed by atoms with E-state index in [0.717, 1.165) is 11.1 Å². The Balaban J connectivity index is 1.69. The molecule has 0 fully saturated rings. The van der Waals surface area contributed by atoms with E-state index in [1.54, 1.807) is 6.92 Å². The number of carbonyl (C=O) groups excluding carboxylic acids is 1. The molecule has 4 rings (SSSR count). The second-order valence-corrected chi connectivity index (χ2v) is 6.22. The van der Waals surface area contributed by atoms with E-state index in [9.17, 15) is 9.59 Å². The molecular formula is C21H17N3O3. The summed E-state index contributed by atoms with van der Waals surface area (Å²) in [6.45, 7) is 1.64. The predicted molar refractivity (Wildman–Crippen MR) is 103 cm³/mol. The molecule has 4 aromatic rings. The molecule has 0 spiro atoms. The molecule has 2 N–H and O–H groups in total. The minimum atomic E-state index is -0.403. The maximum atomic E-state index is 12.9. The van der Waals surface area contributed by atoms with Gasteiger partial charge in [-0.25, -0.2) is 4.98 Å². The van der Waals surface area contributed by atoms with Crippen molar-refractivity contribution in [1.29, 1.82) is 0 Å². The first-order valence-corrected chi connectivity index (χ1v) is 8.53. The third kappa shape index (κ3) is 3.25. The van der Waals surface area contributed by atoms with E-state index in [-0.39, 0.29) is 16.7 Å². The quantitative estimate of drug-likeness (QED) is 0.582. The monoisotopic (exact) mass is 359 g/mol. The summed E-state index contributed by atoms with van der Waals surface area (Å²) in [4.78, 5) is 31.5. The van der Waals surface area contributed by atoms with Crippen LogP contribution in [-0.4, -0.2) is 15.9 Å². The van der Waals surface area contributed by atoms with Gasteiger partial charge in [-0.3, -0.25) is 9.59 Å². The zero-order chi connectivity index (χ0) is 18.8. The van der Waals surface area contributed by atoms with Gasteiger partial charge in [-0.05, 0) is 30.5 Å². The lowest BCUT2D eigenvalue weighted by atomic mass is 10.0. The summed E-state index contributed by atoms with van der Waals surface area (Å²) in [5.41, 5.74) is 2.77. The van der Waals surface area contributed by atoms with Crippen LogP contribution in [0.2, 0.25) is 0 Å². The number of aryl methyl sites for hydroxylation is 1. The topological polar surface area (TPSA) is 88.0 Å². The number of nitrogens with zero attached hydrogens (tertiary/aromatic N) is 1. The molecule has 0 aliphatic heterocycles. The van der Waals surface area contributed by atoms with E-state index in [1.165, 1.54) is 6.33 Å². The fourth-order valence-electron chi connectivity index (χ4n) is 3.12. The second kappa shape index (κ2) is 6.92. The highest BCUT2D eigenvalue weighted by Gasteiger charge is 2.22. The fourth-order valence-corrected chi connectivity index (χ4v) is 3.12. The lowest BCUT2D eigenvalue weighted by Crippen LogP contribution is -2.17. The number of carbonyl (C=O) groups is 1. The minimum absolute atomic E-state index is 0.152. The maximum absolute atomic E-state index is 12.9. The van der Waals surface area contributed by atoms with Crippen molar-refractivity contribution < 1.29 is 9.21 Å². The Morgan fingerprint density at radius 2 is 1.85 bits per heavy atom. The van der Waals surface area contributed by atoms with Crippen LogP contribution in [-0.2, 0) is 6.42 Å². The molecule has 0 atom stereocenters. The van der Waals surface area contributed by atoms with Crippen molar-refractivity contribution in [3.63, 3.8) is 0 Å². The molecule has 0 aliphatic rings. The van der Waals surface area contributed by atoms with Crippen LogP contribution < -0.4 is 10.9 Å². The number of amides is 1. The number of fused-ring (bicyclic) bond motifs is 1. The smallest absolute Gasteiger partial charge is 0.262 e. The Labute approximate surface area is 154 Å². The van der Waals surface area contributed by atoms with Crippen LogP contribution in [0.4, 0.5) is 5.69 Å². The number of nitrogens with one attached hydrogen (secondary N) is 2. The summed E-state index contributed by atoms with van der Waals surface area (Å²) in [6.07, 6.45) is 1.94. The predicted octanol–water partition coefficient (Wildman–Crippen LogP) is 3.67. The SMILES string of the molecule is Cc1oc2nc[nH]c(=O)c2c1C(=O)Nc1ccccc1Cc1ccccc1. The van der Waals surface area contributed by atoms with Crippen molar-refractivity contribution in [3.05, 3.63) is 93.7 Å². The highest BCUT2D eigenvalue weighted by atomic mass is 16.3. The van der Waals surface area contributed by atoms with E-state index in [1.807, 2.05) is 54.6 Å². The second-order valence-electron chi connectivity index (χ2n) is 6.22. The first-order valence-electron chi connectivity index (χ1n) is 8.53. The summed E-state index contributed by atoms with van der Waals surface area (Å²) in [7, 11) is 0. The van der Waals surface area contributed by atoms with E-state index >= 15 is 0 Å². The number of furan rings is 1. The lowest BCUT2D eigenvalue weighted by molar-refractivity contribution is 0.102. The number of aromatic amines is 1. The van der Waals surface area contributed by atoms with Crippen molar-refractivity contribution in [1.82, 2.24) is 9.97 Å². The van der Waals surface area contributed by atoms with Gasteiger partial charge >= 0.3 is 0 Å². The normalized spacial score (nSPS) is 10.9. The molecule has 2 aromatic carbocycles. The van der Waals surface area contributed by atoms with Gasteiger partial charge in [0.05, 0.1) is 11.9 Å². The fraction of sp³-hybridized carbons (Fsp3) is 0.0952. The molecule has 1 amide bonds. The van der Waals surface area contributed by atoms with Crippen LogP contribution in [0.5, 0.6) is 0 Å². The van der Waals surface area contributed by atoms with Gasteiger partial charge in [0, 0.05) is 5.69 Å². The average molecular weight is 359 g/mol. The number of H-pyrrole nitrogens is 1. The van der Waals surface area contributed by atoms with Crippen molar-refractivity contribution >= 4 is 22.7 Å². The van der Waals surface area contributed by atoms with Crippen LogP contribution in [0.15, 0.2) is 70.1 Å². The largest absolute Gasteiger partial charge is 0.442 e. The third-order valence-electron chi connectivity index (χ3n) is 4.40. The van der Waals surface area contributed by atoms with Crippen LogP contribution >= 0.6 is 0 Å². The van der Waals surface area contributed by atoms with Crippen molar-refractivity contribution in [3.8, 4) is 0 Å². The zero-order valence-electron chi connectivity index (χ0n) is 14.7. The standard InChI is InChI=1S/C21H17N3O3/c1-13-17(18-19(25)22-12-23-21(18)27-13)20(26)24-16-10-6-5-9-15(16)11-14-7-3-2-4-8-14/h2-10,12H,11H2,1H3,(H,24,26)(H,22,23,25). The minimum Gasteiger partial charge on any atom is -0.442 e. The van der Waals surface area contributed by atoms with Gasteiger partial charge in [0.15, 0.2) is 0 Å². The molecular weight excluding hydrogens is 342 g/mol. The molecule has 0 aliphatic carbocycles. The molecule has 0 unspecified atom stereocenters. The molecule has 0 radical (unpaired) electrons. The number of hydrogen-bond donors (Lipinski definition) is 2. The highest BCUT2D eigenvalue weighted by molar-refractivity contribution is 6.12. The molecule has 0 bridgehead atoms. The Morgan fingerprint density at radius 3 is 2.67 bits per heavy atom. The molecule has 0 saturated heterocycles. The number of rotatable bonds is 4. The van der Waals surface area contributed by atoms with Gasteiger partial charge in [0.1, 0.15) is 11.1 Å². The maximum Gasteiger partial charge on any atom is 0.262 e. The van der Waals surface area contributed by atoms with E-state index in [2.05, 4.69) is 15.3 Å². The van der Waals surface area contributed by atoms with Gasteiger partial charge in [-0.1, -0.05) is 48.5 Å². The van der Waals surface area contributed by atoms with Crippen molar-refractivity contribution in [2.75, 3.05) is 5.32 Å². The Kier molecular flexibility index (Phi) is 4.30. The Morgan fingerprint density at radius 1 is 1.11 bits per heavy atom. The number of para-hydroxylation sites is 1. The first-order chi connectivity index (χ1) is 13.1. The van der Waals surface area contributed by atoms with Gasteiger partial charge in [0.2, 0.25) is 5.71 Å². The molecule has 6 nitrogen and oxygen atoms in total. The number of hydrogen-bond acceptors (Lipinski definition) is 4. The highest BCUT2D eigenvalue weighted by Crippen LogP contribution is 2.24. The van der Waals surface area contributed by atoms with E-state index in [4.69, 9.17) is 4.42 Å². The summed E-state index contributed by atoms with van der Waals surface area (Å²) in [5, 5.41) is 3.07. The summed E-state index contributed by atoms with van der Waals surface area (Å²) >= 11 is 0. The molecule has 2 aromatic heterocycles. The molecule has 27 heavy (non-hydrogen) atoms. The summed E-state index contributed by atoms with van der Waals surface area (Å²) < 4.78 is 5.47. The number of anilines is 1. The molecule has 6 heteroatoms. The number of benzene rings is 2. The van der Waals surface area contributed by atoms with Crippen LogP contribution in [0.1, 0.15) is 27.2 Å². The van der Waals surface area contributed by atoms with E-state index in [0.29, 0.717) is 17.9 Å². The summed E-state index contributed by atoms with van der Waals surface area (Å²) in [6, 6.07) is 17.6. The third-order valence-corrected chi connectivity index (χ3v) is 4.40.